The molecule has 0 aromatic carbocycles. The second-order valence-corrected chi connectivity index (χ2v) is 2.92. The van der Waals surface area contributed by atoms with Crippen LogP contribution in [0.5, 0.6) is 0 Å². The van der Waals surface area contributed by atoms with Crippen molar-refractivity contribution in [2.24, 2.45) is 0 Å². The minimum Gasteiger partial charge on any atom is -0.117 e. The molecular formula is C6H8BrCl. The average molecular weight is 195 g/mol. The van der Waals surface area contributed by atoms with Crippen LogP contribution in [-0.2, 0) is 0 Å². The van der Waals surface area contributed by atoms with E-state index in [4.69, 9.17) is 11.6 Å². The predicted octanol–water partition coefficient (Wildman–Crippen LogP) is 2.73. The van der Waals surface area contributed by atoms with Crippen molar-refractivity contribution in [3.05, 3.63) is 25.3 Å². The van der Waals surface area contributed by atoms with Gasteiger partial charge in [-0.05, 0) is 0 Å². The number of rotatable bonds is 3. The average Bonchev–Trinajstić information content (AvgIpc) is 1.84. The van der Waals surface area contributed by atoms with E-state index < -0.39 is 0 Å². The van der Waals surface area contributed by atoms with Gasteiger partial charge in [-0.15, -0.1) is 24.8 Å². The van der Waals surface area contributed by atoms with E-state index in [1.54, 1.807) is 12.2 Å². The summed E-state index contributed by atoms with van der Waals surface area (Å²) in [7, 11) is 0. The van der Waals surface area contributed by atoms with Crippen molar-refractivity contribution >= 4 is 27.5 Å². The van der Waals surface area contributed by atoms with Gasteiger partial charge in [-0.2, -0.15) is 0 Å². The molecule has 46 valence electrons. The summed E-state index contributed by atoms with van der Waals surface area (Å²) in [5.74, 6) is 0. The van der Waals surface area contributed by atoms with Gasteiger partial charge in [0.25, 0.3) is 0 Å². The van der Waals surface area contributed by atoms with E-state index in [9.17, 15) is 0 Å². The third-order valence-corrected chi connectivity index (χ3v) is 2.45. The SMILES string of the molecule is C=CC(Cl)C(Br)C=C. The summed E-state index contributed by atoms with van der Waals surface area (Å²) < 4.78 is 0. The van der Waals surface area contributed by atoms with Gasteiger partial charge in [-0.1, -0.05) is 28.1 Å². The smallest absolute Gasteiger partial charge is 0.0673 e. The molecule has 0 N–H and O–H groups in total. The van der Waals surface area contributed by atoms with Crippen molar-refractivity contribution < 1.29 is 0 Å². The topological polar surface area (TPSA) is 0 Å². The molecule has 2 atom stereocenters. The van der Waals surface area contributed by atoms with Crippen LogP contribution in [0.4, 0.5) is 0 Å². The van der Waals surface area contributed by atoms with Crippen LogP contribution in [0.2, 0.25) is 0 Å². The standard InChI is InChI=1S/C6H8BrCl/c1-3-5(7)6(8)4-2/h3-6H,1-2H2. The van der Waals surface area contributed by atoms with Gasteiger partial charge in [0.05, 0.1) is 10.2 Å². The summed E-state index contributed by atoms with van der Waals surface area (Å²) in [6, 6.07) is 0. The lowest BCUT2D eigenvalue weighted by molar-refractivity contribution is 1.11. The highest BCUT2D eigenvalue weighted by atomic mass is 79.9. The largest absolute Gasteiger partial charge is 0.117 e. The first-order valence-electron chi connectivity index (χ1n) is 2.25. The zero-order valence-electron chi connectivity index (χ0n) is 4.48. The van der Waals surface area contributed by atoms with E-state index in [1.165, 1.54) is 0 Å². The van der Waals surface area contributed by atoms with Gasteiger partial charge in [0, 0.05) is 0 Å². The lowest BCUT2D eigenvalue weighted by Crippen LogP contribution is -2.06. The maximum atomic E-state index is 5.68. The molecule has 0 aliphatic carbocycles. The number of halogens is 2. The first kappa shape index (κ1) is 8.25. The highest BCUT2D eigenvalue weighted by Gasteiger charge is 2.06. The second kappa shape index (κ2) is 4.16. The van der Waals surface area contributed by atoms with Crippen molar-refractivity contribution in [2.45, 2.75) is 10.2 Å². The van der Waals surface area contributed by atoms with Crippen LogP contribution in [-0.4, -0.2) is 10.2 Å². The van der Waals surface area contributed by atoms with Crippen LogP contribution in [0.25, 0.3) is 0 Å². The van der Waals surface area contributed by atoms with Crippen LogP contribution >= 0.6 is 27.5 Å². The van der Waals surface area contributed by atoms with Gasteiger partial charge >= 0.3 is 0 Å². The number of allylic oxidation sites excluding steroid dienone is 2. The second-order valence-electron chi connectivity index (χ2n) is 1.36. The van der Waals surface area contributed by atoms with Gasteiger partial charge in [0.1, 0.15) is 0 Å². The predicted molar refractivity (Wildman–Crippen MR) is 42.8 cm³/mol. The summed E-state index contributed by atoms with van der Waals surface area (Å²) in [5.41, 5.74) is 0. The summed E-state index contributed by atoms with van der Waals surface area (Å²) >= 11 is 8.96. The summed E-state index contributed by atoms with van der Waals surface area (Å²) in [6.45, 7) is 7.07. The molecule has 0 amide bonds. The fourth-order valence-corrected chi connectivity index (χ4v) is 0.579. The molecule has 0 nitrogen and oxygen atoms in total. The normalized spacial score (nSPS) is 16.8. The zero-order valence-corrected chi connectivity index (χ0v) is 6.82. The highest BCUT2D eigenvalue weighted by molar-refractivity contribution is 9.09. The Morgan fingerprint density at radius 2 is 1.88 bits per heavy atom. The number of hydrogen-bond donors (Lipinski definition) is 0. The van der Waals surface area contributed by atoms with E-state index in [2.05, 4.69) is 29.1 Å². The fourth-order valence-electron chi connectivity index (χ4n) is 0.260. The quantitative estimate of drug-likeness (QED) is 0.480. The molecule has 0 heterocycles. The first-order chi connectivity index (χ1) is 3.72. The lowest BCUT2D eigenvalue weighted by atomic mass is 10.3. The molecule has 0 aliphatic rings. The molecular weight excluding hydrogens is 187 g/mol. The Labute approximate surface area is 63.4 Å². The van der Waals surface area contributed by atoms with Crippen molar-refractivity contribution in [1.29, 1.82) is 0 Å². The van der Waals surface area contributed by atoms with Crippen molar-refractivity contribution in [2.75, 3.05) is 0 Å². The van der Waals surface area contributed by atoms with Crippen molar-refractivity contribution in [3.63, 3.8) is 0 Å². The summed E-state index contributed by atoms with van der Waals surface area (Å²) in [6.07, 6.45) is 3.40. The van der Waals surface area contributed by atoms with Gasteiger partial charge in [-0.25, -0.2) is 0 Å². The van der Waals surface area contributed by atoms with E-state index in [0.717, 1.165) is 0 Å². The fraction of sp³-hybridized carbons (Fsp3) is 0.333. The van der Waals surface area contributed by atoms with Crippen molar-refractivity contribution in [1.82, 2.24) is 0 Å². The van der Waals surface area contributed by atoms with E-state index >= 15 is 0 Å². The molecule has 0 spiro atoms. The number of hydrogen-bond acceptors (Lipinski definition) is 0. The van der Waals surface area contributed by atoms with Crippen LogP contribution in [0.3, 0.4) is 0 Å². The molecule has 2 unspecified atom stereocenters. The van der Waals surface area contributed by atoms with Gasteiger partial charge in [-0.3, -0.25) is 0 Å². The Hall–Kier alpha value is 0.250. The van der Waals surface area contributed by atoms with Gasteiger partial charge in [0.2, 0.25) is 0 Å². The van der Waals surface area contributed by atoms with Gasteiger partial charge in [0.15, 0.2) is 0 Å². The highest BCUT2D eigenvalue weighted by Crippen LogP contribution is 2.12. The Morgan fingerprint density at radius 1 is 1.38 bits per heavy atom. The molecule has 0 bridgehead atoms. The molecule has 0 saturated heterocycles. The first-order valence-corrected chi connectivity index (χ1v) is 3.61. The molecule has 0 rings (SSSR count). The molecule has 0 aromatic rings. The molecule has 0 fully saturated rings. The van der Waals surface area contributed by atoms with E-state index in [1.807, 2.05) is 0 Å². The molecule has 0 aliphatic heterocycles. The summed E-state index contributed by atoms with van der Waals surface area (Å²) in [5, 5.41) is -0.0486. The molecule has 0 radical (unpaired) electrons. The molecule has 2 heteroatoms. The maximum absolute atomic E-state index is 5.68. The van der Waals surface area contributed by atoms with Crippen molar-refractivity contribution in [3.8, 4) is 0 Å². The lowest BCUT2D eigenvalue weighted by Gasteiger charge is -2.04. The molecule has 8 heavy (non-hydrogen) atoms. The Balaban J connectivity index is 3.60. The zero-order chi connectivity index (χ0) is 6.57. The van der Waals surface area contributed by atoms with Crippen LogP contribution in [0, 0.1) is 0 Å². The Kier molecular flexibility index (Phi) is 4.29. The van der Waals surface area contributed by atoms with E-state index in [0.29, 0.717) is 0 Å². The monoisotopic (exact) mass is 194 g/mol. The van der Waals surface area contributed by atoms with Crippen LogP contribution in [0.1, 0.15) is 0 Å². The van der Waals surface area contributed by atoms with Crippen LogP contribution in [0.15, 0.2) is 25.3 Å². The third kappa shape index (κ3) is 2.53. The molecule has 0 aromatic heterocycles. The summed E-state index contributed by atoms with van der Waals surface area (Å²) in [4.78, 5) is 0.140. The van der Waals surface area contributed by atoms with Gasteiger partial charge < -0.3 is 0 Å². The van der Waals surface area contributed by atoms with Crippen LogP contribution < -0.4 is 0 Å². The Morgan fingerprint density at radius 3 is 2.00 bits per heavy atom. The Bertz CT molecular complexity index is 78.5. The number of alkyl halides is 2. The third-order valence-electron chi connectivity index (χ3n) is 0.755. The van der Waals surface area contributed by atoms with E-state index in [-0.39, 0.29) is 10.2 Å². The minimum atomic E-state index is -0.0486. The maximum Gasteiger partial charge on any atom is 0.0673 e. The minimum absolute atomic E-state index is 0.0486. The molecule has 0 saturated carbocycles.